The Labute approximate surface area is 263 Å². The summed E-state index contributed by atoms with van der Waals surface area (Å²) >= 11 is 0. The highest BCUT2D eigenvalue weighted by Gasteiger charge is 2.45. The van der Waals surface area contributed by atoms with E-state index in [4.69, 9.17) is 23.7 Å². The Morgan fingerprint density at radius 2 is 1.24 bits per heavy atom. The zero-order valence-corrected chi connectivity index (χ0v) is 26.1. The van der Waals surface area contributed by atoms with E-state index in [2.05, 4.69) is 56.3 Å². The van der Waals surface area contributed by atoms with Gasteiger partial charge in [-0.05, 0) is 70.1 Å². The van der Waals surface area contributed by atoms with Crippen LogP contribution in [0.1, 0.15) is 47.2 Å². The molecule has 0 atom stereocenters. The first kappa shape index (κ1) is 28.4. The lowest BCUT2D eigenvalue weighted by molar-refractivity contribution is 0.161. The maximum atomic E-state index is 9.73. The Morgan fingerprint density at radius 1 is 0.689 bits per heavy atom. The molecule has 5 aromatic rings. The Hall–Kier alpha value is -5.41. The molecule has 0 saturated heterocycles. The molecule has 0 unspecified atom stereocenters. The molecule has 45 heavy (non-hydrogen) atoms. The average molecular weight is 596 g/mol. The number of fused-ring (bicyclic) bond motifs is 8. The molecule has 0 fully saturated rings. The van der Waals surface area contributed by atoms with Gasteiger partial charge in [0.05, 0.1) is 40.1 Å². The topological polar surface area (TPSA) is 69.9 Å². The average Bonchev–Trinajstić information content (AvgIpc) is 3.33. The molecule has 0 bridgehead atoms. The predicted octanol–water partition coefficient (Wildman–Crippen LogP) is 8.40. The van der Waals surface area contributed by atoms with Gasteiger partial charge in [0, 0.05) is 39.6 Å². The van der Waals surface area contributed by atoms with Gasteiger partial charge in [0.15, 0.2) is 5.60 Å². The molecule has 1 aliphatic carbocycles. The molecule has 224 valence electrons. The number of benzene rings is 5. The van der Waals surface area contributed by atoms with Crippen molar-refractivity contribution in [2.24, 2.45) is 0 Å². The summed E-state index contributed by atoms with van der Waals surface area (Å²) in [4.78, 5) is 0. The van der Waals surface area contributed by atoms with Crippen molar-refractivity contribution in [2.75, 3.05) is 28.4 Å². The minimum absolute atomic E-state index is 0.377. The molecule has 0 aromatic heterocycles. The second-order valence-corrected chi connectivity index (χ2v) is 11.9. The van der Waals surface area contributed by atoms with Gasteiger partial charge in [-0.15, -0.1) is 0 Å². The summed E-state index contributed by atoms with van der Waals surface area (Å²) in [6.07, 6.45) is 4.29. The highest BCUT2D eigenvalue weighted by atomic mass is 16.5. The molecule has 7 rings (SSSR count). The molecule has 0 saturated carbocycles. The summed E-state index contributed by atoms with van der Waals surface area (Å²) in [5, 5.41) is 11.8. The molecule has 0 amide bonds. The zero-order valence-electron chi connectivity index (χ0n) is 26.1. The molecule has 2 aliphatic rings. The van der Waals surface area contributed by atoms with Crippen molar-refractivity contribution in [1.82, 2.24) is 0 Å². The minimum atomic E-state index is -1.10. The van der Waals surface area contributed by atoms with E-state index in [1.165, 1.54) is 11.1 Å². The third kappa shape index (κ3) is 4.15. The first-order chi connectivity index (χ1) is 21.8. The summed E-state index contributed by atoms with van der Waals surface area (Å²) in [7, 11) is 6.56. The SMILES string of the molecule is COc1cc(OC)cc(C2(c3cc(OC)cc(OC)c3)C=Cc3c4c(c5ccccc5c3O2)-c2ccc(C#N)cc2C4(C)C)c1. The van der Waals surface area contributed by atoms with Gasteiger partial charge in [0.2, 0.25) is 0 Å². The lowest BCUT2D eigenvalue weighted by Gasteiger charge is -2.38. The van der Waals surface area contributed by atoms with E-state index in [1.54, 1.807) is 28.4 Å². The van der Waals surface area contributed by atoms with Crippen LogP contribution < -0.4 is 23.7 Å². The van der Waals surface area contributed by atoms with Gasteiger partial charge in [-0.25, -0.2) is 0 Å². The van der Waals surface area contributed by atoms with E-state index in [9.17, 15) is 5.26 Å². The predicted molar refractivity (Wildman–Crippen MR) is 176 cm³/mol. The van der Waals surface area contributed by atoms with E-state index >= 15 is 0 Å². The summed E-state index contributed by atoms with van der Waals surface area (Å²) in [5.74, 6) is 3.35. The zero-order chi connectivity index (χ0) is 31.5. The highest BCUT2D eigenvalue weighted by molar-refractivity contribution is 6.08. The molecule has 0 N–H and O–H groups in total. The lowest BCUT2D eigenvalue weighted by atomic mass is 9.76. The highest BCUT2D eigenvalue weighted by Crippen LogP contribution is 2.58. The van der Waals surface area contributed by atoms with Crippen molar-refractivity contribution in [3.63, 3.8) is 0 Å². The number of nitriles is 1. The largest absolute Gasteiger partial charge is 0.497 e. The third-order valence-corrected chi connectivity index (χ3v) is 9.23. The lowest BCUT2D eigenvalue weighted by Crippen LogP contribution is -2.35. The minimum Gasteiger partial charge on any atom is -0.497 e. The maximum Gasteiger partial charge on any atom is 0.178 e. The summed E-state index contributed by atoms with van der Waals surface area (Å²) in [5.41, 5.74) is 6.47. The van der Waals surface area contributed by atoms with Gasteiger partial charge in [-0.2, -0.15) is 5.26 Å². The summed E-state index contributed by atoms with van der Waals surface area (Å²) in [6.45, 7) is 4.45. The smallest absolute Gasteiger partial charge is 0.178 e. The monoisotopic (exact) mass is 595 g/mol. The number of nitrogens with zero attached hydrogens (tertiary/aromatic N) is 1. The normalized spacial score (nSPS) is 14.9. The Balaban J connectivity index is 1.57. The van der Waals surface area contributed by atoms with E-state index in [-0.39, 0.29) is 5.41 Å². The van der Waals surface area contributed by atoms with Crippen LogP contribution >= 0.6 is 0 Å². The molecule has 6 nitrogen and oxygen atoms in total. The first-order valence-corrected chi connectivity index (χ1v) is 14.8. The quantitative estimate of drug-likeness (QED) is 0.196. The fourth-order valence-corrected chi connectivity index (χ4v) is 7.02. The van der Waals surface area contributed by atoms with Gasteiger partial charge < -0.3 is 23.7 Å². The van der Waals surface area contributed by atoms with Gasteiger partial charge in [-0.1, -0.05) is 50.3 Å². The van der Waals surface area contributed by atoms with Crippen LogP contribution in [0.25, 0.3) is 28.0 Å². The van der Waals surface area contributed by atoms with Gasteiger partial charge in [0.1, 0.15) is 28.7 Å². The maximum absolute atomic E-state index is 9.73. The molecule has 0 radical (unpaired) electrons. The standard InChI is InChI=1S/C39H33NO5/c1-38(2)34-15-23(22-40)11-12-32(34)35-30-9-7-8-10-31(30)37-33(36(35)38)13-14-39(45-37,24-16-26(41-3)20-27(17-24)42-4)25-18-28(43-5)21-29(19-25)44-6/h7-21H,1-6H3. The van der Waals surface area contributed by atoms with E-state index < -0.39 is 5.60 Å². The van der Waals surface area contributed by atoms with Crippen LogP contribution in [0.4, 0.5) is 0 Å². The van der Waals surface area contributed by atoms with E-state index in [0.717, 1.165) is 44.3 Å². The molecule has 6 heteroatoms. The van der Waals surface area contributed by atoms with Crippen LogP contribution in [-0.4, -0.2) is 28.4 Å². The molecule has 1 aliphatic heterocycles. The molecular weight excluding hydrogens is 562 g/mol. The van der Waals surface area contributed by atoms with Crippen molar-refractivity contribution >= 4 is 16.8 Å². The van der Waals surface area contributed by atoms with E-state index in [1.807, 2.05) is 54.6 Å². The van der Waals surface area contributed by atoms with E-state index in [0.29, 0.717) is 28.6 Å². The summed E-state index contributed by atoms with van der Waals surface area (Å²) in [6, 6.07) is 28.3. The van der Waals surface area contributed by atoms with Crippen molar-refractivity contribution in [3.05, 3.63) is 118 Å². The van der Waals surface area contributed by atoms with Crippen LogP contribution in [0.5, 0.6) is 28.7 Å². The third-order valence-electron chi connectivity index (χ3n) is 9.23. The molecule has 0 spiro atoms. The van der Waals surface area contributed by atoms with Gasteiger partial charge in [-0.3, -0.25) is 0 Å². The summed E-state index contributed by atoms with van der Waals surface area (Å²) < 4.78 is 30.2. The van der Waals surface area contributed by atoms with Crippen molar-refractivity contribution in [2.45, 2.75) is 24.9 Å². The number of hydrogen-bond donors (Lipinski definition) is 0. The fourth-order valence-electron chi connectivity index (χ4n) is 7.02. The Kier molecular flexibility index (Phi) is 6.52. The fraction of sp³-hybridized carbons (Fsp3) is 0.205. The van der Waals surface area contributed by atoms with Crippen molar-refractivity contribution in [3.8, 4) is 45.9 Å². The number of methoxy groups -OCH3 is 4. The van der Waals surface area contributed by atoms with Crippen molar-refractivity contribution < 1.29 is 23.7 Å². The van der Waals surface area contributed by atoms with Gasteiger partial charge in [0.25, 0.3) is 0 Å². The van der Waals surface area contributed by atoms with Crippen LogP contribution in [-0.2, 0) is 11.0 Å². The van der Waals surface area contributed by atoms with Crippen LogP contribution in [0.3, 0.4) is 0 Å². The van der Waals surface area contributed by atoms with Crippen LogP contribution in [0.15, 0.2) is 84.9 Å². The second kappa shape index (κ2) is 10.3. The van der Waals surface area contributed by atoms with Gasteiger partial charge >= 0.3 is 0 Å². The van der Waals surface area contributed by atoms with Crippen LogP contribution in [0.2, 0.25) is 0 Å². The number of rotatable bonds is 6. The first-order valence-electron chi connectivity index (χ1n) is 14.8. The number of ether oxygens (including phenoxy) is 5. The Bertz CT molecular complexity index is 1980. The Morgan fingerprint density at radius 3 is 1.78 bits per heavy atom. The molecule has 1 heterocycles. The van der Waals surface area contributed by atoms with Crippen molar-refractivity contribution in [1.29, 1.82) is 5.26 Å². The molecule has 5 aromatic carbocycles. The second-order valence-electron chi connectivity index (χ2n) is 11.9. The number of hydrogen-bond acceptors (Lipinski definition) is 6. The van der Waals surface area contributed by atoms with Crippen LogP contribution in [0, 0.1) is 11.3 Å². The molecular formula is C39H33NO5.